The van der Waals surface area contributed by atoms with Gasteiger partial charge in [0.05, 0.1) is 14.2 Å². The van der Waals surface area contributed by atoms with Crippen molar-refractivity contribution in [3.05, 3.63) is 21.3 Å². The Kier molecular flexibility index (Phi) is 5.34. The molecule has 0 aromatic heterocycles. The molecule has 1 aromatic rings. The lowest BCUT2D eigenvalue weighted by Gasteiger charge is -2.14. The van der Waals surface area contributed by atoms with Crippen molar-refractivity contribution in [2.45, 2.75) is 6.42 Å². The molecule has 0 radical (unpaired) electrons. The summed E-state index contributed by atoms with van der Waals surface area (Å²) in [4.78, 5) is 2.17. The van der Waals surface area contributed by atoms with Crippen LogP contribution in [0.15, 0.2) is 12.1 Å². The van der Waals surface area contributed by atoms with Gasteiger partial charge >= 0.3 is 0 Å². The Hall–Kier alpha value is -0.490. The van der Waals surface area contributed by atoms with E-state index in [0.29, 0.717) is 0 Å². The summed E-state index contributed by atoms with van der Waals surface area (Å²) in [7, 11) is 7.48. The number of ether oxygens (including phenoxy) is 2. The quantitative estimate of drug-likeness (QED) is 0.772. The summed E-state index contributed by atoms with van der Waals surface area (Å²) in [6.07, 6.45) is 1.02. The summed E-state index contributed by atoms with van der Waals surface area (Å²) >= 11 is 2.34. The van der Waals surface area contributed by atoms with Gasteiger partial charge in [-0.05, 0) is 60.8 Å². The second kappa shape index (κ2) is 6.30. The van der Waals surface area contributed by atoms with Crippen molar-refractivity contribution in [1.82, 2.24) is 4.90 Å². The van der Waals surface area contributed by atoms with Crippen LogP contribution in [0.1, 0.15) is 5.56 Å². The van der Waals surface area contributed by atoms with Gasteiger partial charge in [-0.2, -0.15) is 0 Å². The monoisotopic (exact) mass is 335 g/mol. The van der Waals surface area contributed by atoms with Crippen molar-refractivity contribution >= 4 is 22.6 Å². The normalized spacial score (nSPS) is 10.6. The van der Waals surface area contributed by atoms with E-state index in [2.05, 4.69) is 47.7 Å². The van der Waals surface area contributed by atoms with Gasteiger partial charge in [0.25, 0.3) is 0 Å². The molecular weight excluding hydrogens is 317 g/mol. The molecule has 0 saturated carbocycles. The summed E-state index contributed by atoms with van der Waals surface area (Å²) in [5.74, 6) is 1.59. The van der Waals surface area contributed by atoms with Crippen LogP contribution in [-0.4, -0.2) is 39.8 Å². The van der Waals surface area contributed by atoms with Gasteiger partial charge in [0, 0.05) is 10.1 Å². The zero-order valence-electron chi connectivity index (χ0n) is 10.2. The van der Waals surface area contributed by atoms with E-state index in [4.69, 9.17) is 9.47 Å². The first-order chi connectivity index (χ1) is 7.58. The van der Waals surface area contributed by atoms with Crippen LogP contribution in [0.25, 0.3) is 0 Å². The van der Waals surface area contributed by atoms with Crippen LogP contribution in [0.4, 0.5) is 0 Å². The maximum Gasteiger partial charge on any atom is 0.161 e. The lowest BCUT2D eigenvalue weighted by molar-refractivity contribution is 0.353. The van der Waals surface area contributed by atoms with E-state index < -0.39 is 0 Å². The Labute approximate surface area is 111 Å². The molecule has 90 valence electrons. The molecule has 3 nitrogen and oxygen atoms in total. The molecular formula is C12H18INO2. The summed E-state index contributed by atoms with van der Waals surface area (Å²) in [5.41, 5.74) is 1.30. The number of halogens is 1. The summed E-state index contributed by atoms with van der Waals surface area (Å²) in [6.45, 7) is 1.03. The number of hydrogen-bond acceptors (Lipinski definition) is 3. The molecule has 0 aliphatic rings. The third kappa shape index (κ3) is 3.52. The van der Waals surface area contributed by atoms with Crippen LogP contribution in [0, 0.1) is 3.57 Å². The van der Waals surface area contributed by atoms with Gasteiger partial charge < -0.3 is 14.4 Å². The van der Waals surface area contributed by atoms with Crippen LogP contribution in [0.3, 0.4) is 0 Å². The first-order valence-electron chi connectivity index (χ1n) is 5.13. The zero-order valence-corrected chi connectivity index (χ0v) is 12.4. The molecule has 1 rings (SSSR count). The topological polar surface area (TPSA) is 21.7 Å². The van der Waals surface area contributed by atoms with Gasteiger partial charge in [-0.25, -0.2) is 0 Å². The van der Waals surface area contributed by atoms with Gasteiger partial charge in [0.15, 0.2) is 11.5 Å². The lowest BCUT2D eigenvalue weighted by Crippen LogP contribution is -2.15. The first kappa shape index (κ1) is 13.6. The van der Waals surface area contributed by atoms with Crippen LogP contribution < -0.4 is 9.47 Å². The van der Waals surface area contributed by atoms with E-state index in [-0.39, 0.29) is 0 Å². The van der Waals surface area contributed by atoms with E-state index in [1.807, 2.05) is 6.07 Å². The molecule has 4 heteroatoms. The minimum absolute atomic E-state index is 0.792. The Bertz CT molecular complexity index is 353. The van der Waals surface area contributed by atoms with Gasteiger partial charge in [-0.1, -0.05) is 0 Å². The third-order valence-electron chi connectivity index (χ3n) is 2.38. The van der Waals surface area contributed by atoms with Gasteiger partial charge in [0.2, 0.25) is 0 Å². The van der Waals surface area contributed by atoms with Crippen LogP contribution >= 0.6 is 22.6 Å². The second-order valence-corrected chi connectivity index (χ2v) is 5.01. The van der Waals surface area contributed by atoms with Gasteiger partial charge in [-0.3, -0.25) is 0 Å². The molecule has 0 bridgehead atoms. The molecule has 0 heterocycles. The van der Waals surface area contributed by atoms with Crippen LogP contribution in [0.2, 0.25) is 0 Å². The SMILES string of the molecule is COc1cc(I)c(CCN(C)C)cc1OC. The lowest BCUT2D eigenvalue weighted by atomic mass is 10.1. The largest absolute Gasteiger partial charge is 0.493 e. The maximum atomic E-state index is 5.30. The van der Waals surface area contributed by atoms with E-state index in [1.54, 1.807) is 14.2 Å². The Balaban J connectivity index is 2.92. The number of benzene rings is 1. The van der Waals surface area contributed by atoms with Crippen molar-refractivity contribution < 1.29 is 9.47 Å². The molecule has 1 aromatic carbocycles. The predicted molar refractivity (Wildman–Crippen MR) is 74.5 cm³/mol. The fourth-order valence-electron chi connectivity index (χ4n) is 1.43. The maximum absolute atomic E-state index is 5.30. The summed E-state index contributed by atoms with van der Waals surface area (Å²) in [6, 6.07) is 4.08. The fourth-order valence-corrected chi connectivity index (χ4v) is 2.14. The molecule has 0 N–H and O–H groups in total. The van der Waals surface area contributed by atoms with Gasteiger partial charge in [-0.15, -0.1) is 0 Å². The smallest absolute Gasteiger partial charge is 0.161 e. The average molecular weight is 335 g/mol. The second-order valence-electron chi connectivity index (χ2n) is 3.85. The highest BCUT2D eigenvalue weighted by molar-refractivity contribution is 14.1. The van der Waals surface area contributed by atoms with E-state index in [9.17, 15) is 0 Å². The van der Waals surface area contributed by atoms with Crippen LogP contribution in [0.5, 0.6) is 11.5 Å². The fraction of sp³-hybridized carbons (Fsp3) is 0.500. The van der Waals surface area contributed by atoms with Crippen LogP contribution in [-0.2, 0) is 6.42 Å². The Morgan fingerprint density at radius 1 is 1.12 bits per heavy atom. The molecule has 0 aliphatic heterocycles. The van der Waals surface area contributed by atoms with E-state index >= 15 is 0 Å². The number of methoxy groups -OCH3 is 2. The van der Waals surface area contributed by atoms with Crippen molar-refractivity contribution in [3.63, 3.8) is 0 Å². The minimum atomic E-state index is 0.792. The number of rotatable bonds is 5. The molecule has 0 fully saturated rings. The molecule has 0 atom stereocenters. The molecule has 0 unspecified atom stereocenters. The average Bonchev–Trinajstić information content (AvgIpc) is 2.26. The van der Waals surface area contributed by atoms with Crippen molar-refractivity contribution in [2.75, 3.05) is 34.9 Å². The zero-order chi connectivity index (χ0) is 12.1. The number of nitrogens with zero attached hydrogens (tertiary/aromatic N) is 1. The molecule has 0 aliphatic carbocycles. The Morgan fingerprint density at radius 3 is 2.19 bits per heavy atom. The van der Waals surface area contributed by atoms with Crippen molar-refractivity contribution in [2.24, 2.45) is 0 Å². The highest BCUT2D eigenvalue weighted by Gasteiger charge is 2.09. The van der Waals surface area contributed by atoms with E-state index in [0.717, 1.165) is 24.5 Å². The molecule has 16 heavy (non-hydrogen) atoms. The summed E-state index contributed by atoms with van der Waals surface area (Å²) < 4.78 is 11.8. The molecule has 0 saturated heterocycles. The highest BCUT2D eigenvalue weighted by Crippen LogP contribution is 2.31. The first-order valence-corrected chi connectivity index (χ1v) is 6.21. The standard InChI is InChI=1S/C12H18INO2/c1-14(2)6-5-9-7-11(15-3)12(16-4)8-10(9)13/h7-8H,5-6H2,1-4H3. The van der Waals surface area contributed by atoms with Crippen molar-refractivity contribution in [1.29, 1.82) is 0 Å². The molecule has 0 amide bonds. The Morgan fingerprint density at radius 2 is 1.69 bits per heavy atom. The van der Waals surface area contributed by atoms with Gasteiger partial charge in [0.1, 0.15) is 0 Å². The number of hydrogen-bond donors (Lipinski definition) is 0. The number of likely N-dealkylation sites (N-methyl/N-ethyl adjacent to an activating group) is 1. The summed E-state index contributed by atoms with van der Waals surface area (Å²) in [5, 5.41) is 0. The molecule has 0 spiro atoms. The van der Waals surface area contributed by atoms with Crippen molar-refractivity contribution in [3.8, 4) is 11.5 Å². The predicted octanol–water partition coefficient (Wildman–Crippen LogP) is 2.41. The van der Waals surface area contributed by atoms with E-state index in [1.165, 1.54) is 9.13 Å². The third-order valence-corrected chi connectivity index (χ3v) is 3.39. The minimum Gasteiger partial charge on any atom is -0.493 e. The highest BCUT2D eigenvalue weighted by atomic mass is 127.